The van der Waals surface area contributed by atoms with Gasteiger partial charge in [-0.2, -0.15) is 0 Å². The van der Waals surface area contributed by atoms with Crippen molar-refractivity contribution in [1.29, 1.82) is 0 Å². The van der Waals surface area contributed by atoms with Crippen molar-refractivity contribution >= 4 is 11.9 Å². The van der Waals surface area contributed by atoms with E-state index in [1.165, 1.54) is 199 Å². The van der Waals surface area contributed by atoms with Crippen LogP contribution in [0.1, 0.15) is 296 Å². The molecule has 0 bridgehead atoms. The Labute approximate surface area is 386 Å². The van der Waals surface area contributed by atoms with Crippen LogP contribution in [0.15, 0.2) is 24.3 Å². The molecule has 3 N–H and O–H groups in total. The Hall–Kier alpha value is -1.66. The standard InChI is InChI=1S/C56H107NO5/c1-3-5-7-9-11-13-15-17-18-22-26-30-34-38-42-46-50-56(61)62-51-47-43-39-35-31-27-23-20-19-21-25-29-33-37-41-45-49-55(60)57-53(52-58)54(59)48-44-40-36-32-28-24-16-14-12-10-8-6-4-2/h18-19,21-22,53-54,58-59H,3-17,20,23-52H2,1-2H3,(H,57,60)/b21-19-,22-18-. The highest BCUT2D eigenvalue weighted by atomic mass is 16.5. The fourth-order valence-corrected chi connectivity index (χ4v) is 8.45. The number of carbonyl (C=O) groups is 2. The second-order valence-electron chi connectivity index (χ2n) is 18.9. The zero-order valence-electron chi connectivity index (χ0n) is 41.6. The summed E-state index contributed by atoms with van der Waals surface area (Å²) in [5.74, 6) is -0.0624. The minimum absolute atomic E-state index is 0.0102. The molecule has 0 spiro atoms. The lowest BCUT2D eigenvalue weighted by molar-refractivity contribution is -0.143. The first kappa shape index (κ1) is 60.3. The van der Waals surface area contributed by atoms with Gasteiger partial charge in [-0.1, -0.05) is 231 Å². The molecule has 366 valence electrons. The summed E-state index contributed by atoms with van der Waals surface area (Å²) < 4.78 is 5.47. The Morgan fingerprint density at radius 1 is 0.435 bits per heavy atom. The van der Waals surface area contributed by atoms with Gasteiger partial charge in [-0.15, -0.1) is 0 Å². The molecule has 0 saturated heterocycles. The van der Waals surface area contributed by atoms with Crippen LogP contribution in [-0.2, 0) is 14.3 Å². The minimum atomic E-state index is -0.674. The van der Waals surface area contributed by atoms with Gasteiger partial charge in [-0.25, -0.2) is 0 Å². The Bertz CT molecular complexity index is 966. The topological polar surface area (TPSA) is 95.9 Å². The summed E-state index contributed by atoms with van der Waals surface area (Å²) >= 11 is 0. The smallest absolute Gasteiger partial charge is 0.305 e. The summed E-state index contributed by atoms with van der Waals surface area (Å²) in [6, 6.07) is -0.553. The van der Waals surface area contributed by atoms with Gasteiger partial charge in [0.2, 0.25) is 5.91 Å². The maximum Gasteiger partial charge on any atom is 0.305 e. The average Bonchev–Trinajstić information content (AvgIpc) is 3.27. The predicted molar refractivity (Wildman–Crippen MR) is 269 cm³/mol. The average molecular weight is 874 g/mol. The van der Waals surface area contributed by atoms with Crippen molar-refractivity contribution in [3.8, 4) is 0 Å². The molecular weight excluding hydrogens is 767 g/mol. The van der Waals surface area contributed by atoms with Crippen molar-refractivity contribution in [1.82, 2.24) is 5.32 Å². The number of hydrogen-bond acceptors (Lipinski definition) is 5. The Kier molecular flexibility index (Phi) is 50.6. The third kappa shape index (κ3) is 47.8. The number of allylic oxidation sites excluding steroid dienone is 4. The highest BCUT2D eigenvalue weighted by Crippen LogP contribution is 2.16. The highest BCUT2D eigenvalue weighted by Gasteiger charge is 2.20. The van der Waals surface area contributed by atoms with Crippen LogP contribution >= 0.6 is 0 Å². The largest absolute Gasteiger partial charge is 0.466 e. The van der Waals surface area contributed by atoms with Gasteiger partial charge in [0.1, 0.15) is 0 Å². The van der Waals surface area contributed by atoms with E-state index in [9.17, 15) is 19.8 Å². The highest BCUT2D eigenvalue weighted by molar-refractivity contribution is 5.76. The molecular formula is C56H107NO5. The van der Waals surface area contributed by atoms with Crippen LogP contribution in [0.5, 0.6) is 0 Å². The summed E-state index contributed by atoms with van der Waals surface area (Å²) in [6.07, 6.45) is 61.5. The van der Waals surface area contributed by atoms with Gasteiger partial charge < -0.3 is 20.3 Å². The molecule has 0 aromatic carbocycles. The van der Waals surface area contributed by atoms with Crippen molar-refractivity contribution in [2.45, 2.75) is 309 Å². The van der Waals surface area contributed by atoms with Gasteiger partial charge in [0.15, 0.2) is 0 Å². The molecule has 1 amide bonds. The van der Waals surface area contributed by atoms with Gasteiger partial charge in [0, 0.05) is 12.8 Å². The summed E-state index contributed by atoms with van der Waals surface area (Å²) in [4.78, 5) is 24.5. The lowest BCUT2D eigenvalue weighted by Gasteiger charge is -2.22. The summed E-state index contributed by atoms with van der Waals surface area (Å²) in [5, 5.41) is 23.2. The molecule has 0 aliphatic heterocycles. The van der Waals surface area contributed by atoms with E-state index in [0.29, 0.717) is 25.9 Å². The van der Waals surface area contributed by atoms with Crippen LogP contribution in [0.25, 0.3) is 0 Å². The molecule has 2 unspecified atom stereocenters. The molecule has 2 atom stereocenters. The first-order chi connectivity index (χ1) is 30.5. The Balaban J connectivity index is 3.46. The molecule has 0 fully saturated rings. The van der Waals surface area contributed by atoms with Crippen LogP contribution in [0.3, 0.4) is 0 Å². The molecule has 0 heterocycles. The fourth-order valence-electron chi connectivity index (χ4n) is 8.45. The van der Waals surface area contributed by atoms with E-state index in [2.05, 4.69) is 43.5 Å². The number of esters is 1. The number of carbonyl (C=O) groups excluding carboxylic acids is 2. The Morgan fingerprint density at radius 3 is 1.15 bits per heavy atom. The number of unbranched alkanes of at least 4 members (excludes halogenated alkanes) is 36. The first-order valence-electron chi connectivity index (χ1n) is 27.6. The van der Waals surface area contributed by atoms with Gasteiger partial charge >= 0.3 is 5.97 Å². The van der Waals surface area contributed by atoms with E-state index in [0.717, 1.165) is 64.2 Å². The maximum atomic E-state index is 12.4. The van der Waals surface area contributed by atoms with Crippen molar-refractivity contribution < 1.29 is 24.5 Å². The number of aliphatic hydroxyl groups excluding tert-OH is 2. The van der Waals surface area contributed by atoms with Gasteiger partial charge in [0.25, 0.3) is 0 Å². The second-order valence-corrected chi connectivity index (χ2v) is 18.9. The number of nitrogens with one attached hydrogen (secondary N) is 1. The van der Waals surface area contributed by atoms with Gasteiger partial charge in [-0.05, 0) is 77.0 Å². The molecule has 6 heteroatoms. The van der Waals surface area contributed by atoms with Gasteiger partial charge in [-0.3, -0.25) is 9.59 Å². The summed E-state index contributed by atoms with van der Waals surface area (Å²) in [6.45, 7) is 4.92. The van der Waals surface area contributed by atoms with E-state index in [4.69, 9.17) is 4.74 Å². The number of rotatable bonds is 51. The fraction of sp³-hybridized carbons (Fsp3) is 0.893. The summed E-state index contributed by atoms with van der Waals surface area (Å²) in [5.41, 5.74) is 0. The van der Waals surface area contributed by atoms with Gasteiger partial charge in [0.05, 0.1) is 25.4 Å². The van der Waals surface area contributed by atoms with E-state index in [1.807, 2.05) is 0 Å². The number of aliphatic hydroxyl groups is 2. The Morgan fingerprint density at radius 2 is 0.758 bits per heavy atom. The zero-order chi connectivity index (χ0) is 45.1. The number of ether oxygens (including phenoxy) is 1. The predicted octanol–water partition coefficient (Wildman–Crippen LogP) is 16.7. The zero-order valence-corrected chi connectivity index (χ0v) is 41.6. The normalized spacial score (nSPS) is 12.8. The van der Waals surface area contributed by atoms with Crippen LogP contribution < -0.4 is 5.32 Å². The van der Waals surface area contributed by atoms with Crippen molar-refractivity contribution in [3.05, 3.63) is 24.3 Å². The molecule has 0 radical (unpaired) electrons. The van der Waals surface area contributed by atoms with Crippen molar-refractivity contribution in [2.75, 3.05) is 13.2 Å². The van der Waals surface area contributed by atoms with E-state index >= 15 is 0 Å². The maximum absolute atomic E-state index is 12.4. The van der Waals surface area contributed by atoms with Crippen molar-refractivity contribution in [2.24, 2.45) is 0 Å². The molecule has 62 heavy (non-hydrogen) atoms. The van der Waals surface area contributed by atoms with Crippen LogP contribution in [0, 0.1) is 0 Å². The van der Waals surface area contributed by atoms with Crippen LogP contribution in [-0.4, -0.2) is 47.4 Å². The molecule has 0 aliphatic carbocycles. The molecule has 0 aromatic rings. The van der Waals surface area contributed by atoms with Crippen LogP contribution in [0.2, 0.25) is 0 Å². The monoisotopic (exact) mass is 874 g/mol. The molecule has 0 aromatic heterocycles. The third-order valence-electron chi connectivity index (χ3n) is 12.7. The number of hydrogen-bond donors (Lipinski definition) is 3. The summed E-state index contributed by atoms with van der Waals surface area (Å²) in [7, 11) is 0. The molecule has 0 saturated carbocycles. The molecule has 6 nitrogen and oxygen atoms in total. The molecule has 0 rings (SSSR count). The third-order valence-corrected chi connectivity index (χ3v) is 12.7. The van der Waals surface area contributed by atoms with Crippen molar-refractivity contribution in [3.63, 3.8) is 0 Å². The van der Waals surface area contributed by atoms with E-state index in [1.54, 1.807) is 0 Å². The lowest BCUT2D eigenvalue weighted by atomic mass is 10.0. The minimum Gasteiger partial charge on any atom is -0.466 e. The lowest BCUT2D eigenvalue weighted by Crippen LogP contribution is -2.45. The quantitative estimate of drug-likeness (QED) is 0.0321. The second kappa shape index (κ2) is 52.0. The number of amides is 1. The molecule has 0 aliphatic rings. The SMILES string of the molecule is CCCCCCCCC/C=C\CCCCCCCC(=O)OCCCCCCCCC/C=C\CCCCCCCC(=O)NC(CO)C(O)CCCCCCCCCCCCCCC. The van der Waals surface area contributed by atoms with E-state index in [-0.39, 0.29) is 18.5 Å². The van der Waals surface area contributed by atoms with E-state index < -0.39 is 12.1 Å². The first-order valence-corrected chi connectivity index (χ1v) is 27.6. The van der Waals surface area contributed by atoms with Crippen LogP contribution in [0.4, 0.5) is 0 Å².